The number of amides is 3. The molecular weight excluding hydrogens is 618 g/mol. The molecule has 1 fully saturated rings. The van der Waals surface area contributed by atoms with E-state index >= 15 is 0 Å². The van der Waals surface area contributed by atoms with Gasteiger partial charge in [-0.1, -0.05) is 61.5 Å². The highest BCUT2D eigenvalue weighted by atomic mass is 16.5. The van der Waals surface area contributed by atoms with Gasteiger partial charge in [0.05, 0.1) is 6.61 Å². The standard InChI is InChI=1S/C40H41N3O6/c1-2-34(27-7-4-3-5-8-27)38(28-9-14-32(44)15-10-28)29-11-16-33(17-12-29)49-24-23-48-22-6-21-41-31-13-18-35-30(25-31)26-43(40(35)47)36-19-20-37(45)42-39(36)46/h3-5,7-18,25,36,41,44H,2,6,19-24,26H2,1H3,(H,42,45,46)/b38-34-. The van der Waals surface area contributed by atoms with Crippen LogP contribution in [0.1, 0.15) is 65.2 Å². The highest BCUT2D eigenvalue weighted by molar-refractivity contribution is 6.05. The maximum Gasteiger partial charge on any atom is 0.255 e. The molecule has 0 aromatic heterocycles. The van der Waals surface area contributed by atoms with E-state index in [1.807, 2.05) is 42.5 Å². The van der Waals surface area contributed by atoms with Gasteiger partial charge in [-0.05, 0) is 95.1 Å². The number of ether oxygens (including phenoxy) is 2. The summed E-state index contributed by atoms with van der Waals surface area (Å²) in [5.41, 5.74) is 8.01. The van der Waals surface area contributed by atoms with Crippen molar-refractivity contribution in [1.82, 2.24) is 10.2 Å². The minimum Gasteiger partial charge on any atom is -0.508 e. The van der Waals surface area contributed by atoms with Crippen molar-refractivity contribution in [2.45, 2.75) is 45.2 Å². The SMILES string of the molecule is CC/C(=C(\c1ccc(O)cc1)c1ccc(OCCOCCCNc2ccc3c(c2)CN(C2CCC(=O)NC2=O)C3=O)cc1)c1ccccc1. The molecule has 6 rings (SSSR count). The average Bonchev–Trinajstić information content (AvgIpc) is 3.44. The van der Waals surface area contributed by atoms with E-state index in [4.69, 9.17) is 9.47 Å². The smallest absolute Gasteiger partial charge is 0.255 e. The molecule has 0 bridgehead atoms. The van der Waals surface area contributed by atoms with Crippen LogP contribution in [0.4, 0.5) is 5.69 Å². The van der Waals surface area contributed by atoms with Gasteiger partial charge in [0.25, 0.3) is 5.91 Å². The van der Waals surface area contributed by atoms with Crippen LogP contribution in [0.2, 0.25) is 0 Å². The molecule has 0 spiro atoms. The third-order valence-corrected chi connectivity index (χ3v) is 8.89. The van der Waals surface area contributed by atoms with Crippen LogP contribution in [-0.2, 0) is 20.9 Å². The predicted molar refractivity (Wildman–Crippen MR) is 189 cm³/mol. The highest BCUT2D eigenvalue weighted by Crippen LogP contribution is 2.35. The first-order valence-electron chi connectivity index (χ1n) is 16.8. The van der Waals surface area contributed by atoms with E-state index in [1.54, 1.807) is 23.1 Å². The Labute approximate surface area is 286 Å². The lowest BCUT2D eigenvalue weighted by Gasteiger charge is -2.29. The Kier molecular flexibility index (Phi) is 10.7. The summed E-state index contributed by atoms with van der Waals surface area (Å²) in [7, 11) is 0. The minimum atomic E-state index is -0.616. The van der Waals surface area contributed by atoms with Crippen molar-refractivity contribution in [1.29, 1.82) is 0 Å². The molecule has 1 atom stereocenters. The van der Waals surface area contributed by atoms with Gasteiger partial charge < -0.3 is 24.8 Å². The number of carbonyl (C=O) groups excluding carboxylic acids is 3. The van der Waals surface area contributed by atoms with Gasteiger partial charge in [-0.3, -0.25) is 19.7 Å². The summed E-state index contributed by atoms with van der Waals surface area (Å²) in [5.74, 6) is 0.133. The second-order valence-corrected chi connectivity index (χ2v) is 12.2. The van der Waals surface area contributed by atoms with Crippen LogP contribution in [0.15, 0.2) is 97.1 Å². The Balaban J connectivity index is 0.951. The quantitative estimate of drug-likeness (QED) is 0.0813. The van der Waals surface area contributed by atoms with Gasteiger partial charge in [-0.2, -0.15) is 0 Å². The molecule has 4 aromatic rings. The normalized spacial score (nSPS) is 16.2. The van der Waals surface area contributed by atoms with Crippen molar-refractivity contribution in [2.75, 3.05) is 31.7 Å². The lowest BCUT2D eigenvalue weighted by atomic mass is 9.88. The molecule has 1 unspecified atom stereocenters. The second kappa shape index (κ2) is 15.7. The molecule has 9 nitrogen and oxygen atoms in total. The first-order chi connectivity index (χ1) is 23.9. The van der Waals surface area contributed by atoms with E-state index in [0.29, 0.717) is 44.9 Å². The van der Waals surface area contributed by atoms with Crippen LogP contribution in [0, 0.1) is 0 Å². The van der Waals surface area contributed by atoms with Gasteiger partial charge in [0.15, 0.2) is 0 Å². The van der Waals surface area contributed by atoms with Crippen molar-refractivity contribution < 1.29 is 29.0 Å². The Bertz CT molecular complexity index is 1820. The Morgan fingerprint density at radius 3 is 2.33 bits per heavy atom. The number of piperidine rings is 1. The average molecular weight is 660 g/mol. The molecule has 1 saturated heterocycles. The minimum absolute atomic E-state index is 0.174. The lowest BCUT2D eigenvalue weighted by molar-refractivity contribution is -0.136. The zero-order valence-corrected chi connectivity index (χ0v) is 27.6. The lowest BCUT2D eigenvalue weighted by Crippen LogP contribution is -2.52. The van der Waals surface area contributed by atoms with Gasteiger partial charge in [0, 0.05) is 37.4 Å². The van der Waals surface area contributed by atoms with Crippen molar-refractivity contribution in [3.63, 3.8) is 0 Å². The zero-order valence-electron chi connectivity index (χ0n) is 27.6. The van der Waals surface area contributed by atoms with Crippen LogP contribution in [-0.4, -0.2) is 60.1 Å². The number of phenolic OH excluding ortho intramolecular Hbond substituents is 1. The molecule has 3 amide bonds. The number of nitrogens with zero attached hydrogens (tertiary/aromatic N) is 1. The summed E-state index contributed by atoms with van der Waals surface area (Å²) >= 11 is 0. The number of fused-ring (bicyclic) bond motifs is 1. The van der Waals surface area contributed by atoms with Crippen LogP contribution < -0.4 is 15.4 Å². The molecule has 3 N–H and O–H groups in total. The first-order valence-corrected chi connectivity index (χ1v) is 16.8. The summed E-state index contributed by atoms with van der Waals surface area (Å²) in [6.07, 6.45) is 2.23. The Hall–Kier alpha value is -5.41. The summed E-state index contributed by atoms with van der Waals surface area (Å²) in [6, 6.07) is 30.8. The number of benzene rings is 4. The summed E-state index contributed by atoms with van der Waals surface area (Å²) < 4.78 is 11.8. The van der Waals surface area contributed by atoms with Gasteiger partial charge in [-0.15, -0.1) is 0 Å². The Morgan fingerprint density at radius 1 is 0.878 bits per heavy atom. The van der Waals surface area contributed by atoms with Gasteiger partial charge in [-0.25, -0.2) is 0 Å². The van der Waals surface area contributed by atoms with Crippen molar-refractivity contribution in [3.8, 4) is 11.5 Å². The topological polar surface area (TPSA) is 117 Å². The summed E-state index contributed by atoms with van der Waals surface area (Å²) in [5, 5.41) is 15.6. The molecule has 2 aliphatic rings. The van der Waals surface area contributed by atoms with Gasteiger partial charge >= 0.3 is 0 Å². The fraction of sp³-hybridized carbons (Fsp3) is 0.275. The first kappa shape index (κ1) is 33.5. The van der Waals surface area contributed by atoms with E-state index in [2.05, 4.69) is 54.0 Å². The summed E-state index contributed by atoms with van der Waals surface area (Å²) in [6.45, 7) is 4.68. The van der Waals surface area contributed by atoms with Crippen molar-refractivity contribution in [2.24, 2.45) is 0 Å². The van der Waals surface area contributed by atoms with E-state index in [1.165, 1.54) is 11.1 Å². The number of rotatable bonds is 14. The number of allylic oxidation sites excluding steroid dienone is 1. The van der Waals surface area contributed by atoms with Crippen LogP contribution >= 0.6 is 0 Å². The number of anilines is 1. The largest absolute Gasteiger partial charge is 0.508 e. The molecule has 2 heterocycles. The zero-order chi connectivity index (χ0) is 34.2. The van der Waals surface area contributed by atoms with Crippen LogP contribution in [0.25, 0.3) is 11.1 Å². The number of aromatic hydroxyl groups is 1. The number of nitrogens with one attached hydrogen (secondary N) is 2. The molecule has 252 valence electrons. The maximum atomic E-state index is 12.9. The van der Waals surface area contributed by atoms with Gasteiger partial charge in [0.2, 0.25) is 11.8 Å². The second-order valence-electron chi connectivity index (χ2n) is 12.2. The fourth-order valence-electron chi connectivity index (χ4n) is 6.44. The number of phenols is 1. The van der Waals surface area contributed by atoms with Crippen LogP contribution in [0.3, 0.4) is 0 Å². The molecule has 9 heteroatoms. The van der Waals surface area contributed by atoms with E-state index in [0.717, 1.165) is 46.5 Å². The maximum absolute atomic E-state index is 12.9. The van der Waals surface area contributed by atoms with Crippen LogP contribution in [0.5, 0.6) is 11.5 Å². The Morgan fingerprint density at radius 2 is 1.61 bits per heavy atom. The molecular formula is C40H41N3O6. The monoisotopic (exact) mass is 659 g/mol. The van der Waals surface area contributed by atoms with E-state index in [-0.39, 0.29) is 24.0 Å². The van der Waals surface area contributed by atoms with Crippen molar-refractivity contribution in [3.05, 3.63) is 125 Å². The third kappa shape index (κ3) is 8.01. The molecule has 0 radical (unpaired) electrons. The summed E-state index contributed by atoms with van der Waals surface area (Å²) in [4.78, 5) is 38.3. The third-order valence-electron chi connectivity index (χ3n) is 8.89. The fourth-order valence-corrected chi connectivity index (χ4v) is 6.44. The van der Waals surface area contributed by atoms with Crippen molar-refractivity contribution >= 4 is 34.6 Å². The van der Waals surface area contributed by atoms with E-state index in [9.17, 15) is 19.5 Å². The predicted octanol–water partition coefficient (Wildman–Crippen LogP) is 6.42. The number of hydrogen-bond donors (Lipinski definition) is 3. The van der Waals surface area contributed by atoms with Gasteiger partial charge in [0.1, 0.15) is 24.1 Å². The molecule has 2 aliphatic heterocycles. The molecule has 4 aromatic carbocycles. The number of imide groups is 1. The molecule has 49 heavy (non-hydrogen) atoms. The molecule has 0 aliphatic carbocycles. The molecule has 0 saturated carbocycles. The van der Waals surface area contributed by atoms with E-state index < -0.39 is 11.9 Å². The number of carbonyl (C=O) groups is 3. The highest BCUT2D eigenvalue weighted by Gasteiger charge is 2.39. The number of hydrogen-bond acceptors (Lipinski definition) is 7.